The molecule has 0 saturated carbocycles. The molecule has 1 aliphatic rings. The lowest BCUT2D eigenvalue weighted by Crippen LogP contribution is -2.14. The second-order valence-electron chi connectivity index (χ2n) is 4.37. The van der Waals surface area contributed by atoms with E-state index in [1.807, 2.05) is 0 Å². The summed E-state index contributed by atoms with van der Waals surface area (Å²) in [6, 6.07) is 8.28. The van der Waals surface area contributed by atoms with E-state index in [2.05, 4.69) is 21.2 Å². The van der Waals surface area contributed by atoms with Gasteiger partial charge in [0.2, 0.25) is 6.79 Å². The van der Waals surface area contributed by atoms with Crippen LogP contribution in [0.25, 0.3) is 0 Å². The van der Waals surface area contributed by atoms with Crippen LogP contribution in [-0.4, -0.2) is 12.7 Å². The molecule has 0 atom stereocenters. The van der Waals surface area contributed by atoms with Crippen LogP contribution >= 0.6 is 27.5 Å². The van der Waals surface area contributed by atoms with Gasteiger partial charge in [-0.05, 0) is 18.2 Å². The molecule has 1 amide bonds. The predicted octanol–water partition coefficient (Wildman–Crippen LogP) is 3.67. The van der Waals surface area contributed by atoms with Gasteiger partial charge in [-0.1, -0.05) is 27.5 Å². The van der Waals surface area contributed by atoms with Crippen molar-refractivity contribution in [1.29, 1.82) is 0 Å². The zero-order chi connectivity index (χ0) is 15.0. The Kier molecular flexibility index (Phi) is 3.65. The second-order valence-corrected chi connectivity index (χ2v) is 5.69. The molecular formula is C14H10BrClN2O3. The molecule has 2 aromatic rings. The summed E-state index contributed by atoms with van der Waals surface area (Å²) >= 11 is 9.43. The molecule has 108 valence electrons. The van der Waals surface area contributed by atoms with Crippen LogP contribution in [-0.2, 0) is 0 Å². The van der Waals surface area contributed by atoms with Gasteiger partial charge >= 0.3 is 0 Å². The number of hydrogen-bond acceptors (Lipinski definition) is 4. The smallest absolute Gasteiger partial charge is 0.257 e. The number of carbonyl (C=O) groups excluding carboxylic acids is 1. The number of halogens is 2. The summed E-state index contributed by atoms with van der Waals surface area (Å²) in [6.07, 6.45) is 0. The Balaban J connectivity index is 1.90. The Labute approximate surface area is 134 Å². The van der Waals surface area contributed by atoms with E-state index >= 15 is 0 Å². The number of nitrogens with two attached hydrogens (primary N) is 1. The van der Waals surface area contributed by atoms with Gasteiger partial charge in [-0.15, -0.1) is 0 Å². The van der Waals surface area contributed by atoms with E-state index in [1.54, 1.807) is 30.3 Å². The first kappa shape index (κ1) is 14.0. The molecule has 0 saturated heterocycles. The lowest BCUT2D eigenvalue weighted by atomic mass is 10.1. The SMILES string of the molecule is Nc1ccc(Br)cc1C(=O)Nc1cc2c(cc1Cl)OCO2. The summed E-state index contributed by atoms with van der Waals surface area (Å²) in [7, 11) is 0. The Morgan fingerprint density at radius 2 is 1.95 bits per heavy atom. The largest absolute Gasteiger partial charge is 0.454 e. The average Bonchev–Trinajstić information content (AvgIpc) is 2.88. The van der Waals surface area contributed by atoms with E-state index in [0.717, 1.165) is 4.47 Å². The fourth-order valence-electron chi connectivity index (χ4n) is 1.93. The van der Waals surface area contributed by atoms with Gasteiger partial charge in [-0.25, -0.2) is 0 Å². The van der Waals surface area contributed by atoms with E-state index in [1.165, 1.54) is 0 Å². The highest BCUT2D eigenvalue weighted by molar-refractivity contribution is 9.10. The highest BCUT2D eigenvalue weighted by Crippen LogP contribution is 2.39. The minimum absolute atomic E-state index is 0.141. The van der Waals surface area contributed by atoms with Gasteiger partial charge in [0.15, 0.2) is 11.5 Å². The zero-order valence-electron chi connectivity index (χ0n) is 10.7. The van der Waals surface area contributed by atoms with Crippen molar-refractivity contribution in [3.8, 4) is 11.5 Å². The van der Waals surface area contributed by atoms with Crippen molar-refractivity contribution in [1.82, 2.24) is 0 Å². The Morgan fingerprint density at radius 1 is 1.24 bits per heavy atom. The molecule has 3 N–H and O–H groups in total. The molecule has 21 heavy (non-hydrogen) atoms. The molecule has 0 radical (unpaired) electrons. The second kappa shape index (κ2) is 5.46. The van der Waals surface area contributed by atoms with Crippen LogP contribution in [0.3, 0.4) is 0 Å². The van der Waals surface area contributed by atoms with Crippen LogP contribution < -0.4 is 20.5 Å². The summed E-state index contributed by atoms with van der Waals surface area (Å²) in [5.74, 6) is 0.742. The van der Waals surface area contributed by atoms with Crippen molar-refractivity contribution in [2.24, 2.45) is 0 Å². The quantitative estimate of drug-likeness (QED) is 0.792. The van der Waals surface area contributed by atoms with Crippen molar-refractivity contribution in [2.75, 3.05) is 17.8 Å². The predicted molar refractivity (Wildman–Crippen MR) is 84.1 cm³/mol. The third-order valence-corrected chi connectivity index (χ3v) is 3.78. The number of hydrogen-bond donors (Lipinski definition) is 2. The third-order valence-electron chi connectivity index (χ3n) is 2.97. The van der Waals surface area contributed by atoms with E-state index in [-0.39, 0.29) is 12.7 Å². The van der Waals surface area contributed by atoms with Crippen molar-refractivity contribution in [3.05, 3.63) is 45.4 Å². The highest BCUT2D eigenvalue weighted by atomic mass is 79.9. The average molecular weight is 370 g/mol. The molecule has 1 heterocycles. The monoisotopic (exact) mass is 368 g/mol. The molecule has 3 rings (SSSR count). The Bertz CT molecular complexity index is 736. The van der Waals surface area contributed by atoms with Gasteiger partial charge in [-0.2, -0.15) is 0 Å². The highest BCUT2D eigenvalue weighted by Gasteiger charge is 2.18. The number of nitrogens with one attached hydrogen (secondary N) is 1. The maximum atomic E-state index is 12.3. The van der Waals surface area contributed by atoms with E-state index in [4.69, 9.17) is 26.8 Å². The van der Waals surface area contributed by atoms with Crippen molar-refractivity contribution in [3.63, 3.8) is 0 Å². The molecule has 0 aliphatic carbocycles. The standard InChI is InChI=1S/C14H10BrClN2O3/c15-7-1-2-10(17)8(3-7)14(19)18-11-5-13-12(4-9(11)16)20-6-21-13/h1-5H,6,17H2,(H,18,19). The zero-order valence-corrected chi connectivity index (χ0v) is 13.0. The summed E-state index contributed by atoms with van der Waals surface area (Å²) in [5.41, 5.74) is 6.99. The van der Waals surface area contributed by atoms with Gasteiger partial charge in [-0.3, -0.25) is 4.79 Å². The Hall–Kier alpha value is -1.92. The van der Waals surface area contributed by atoms with Crippen LogP contribution in [0.15, 0.2) is 34.8 Å². The molecule has 0 bridgehead atoms. The molecule has 0 spiro atoms. The summed E-state index contributed by atoms with van der Waals surface area (Å²) < 4.78 is 11.2. The Morgan fingerprint density at radius 3 is 2.71 bits per heavy atom. The van der Waals surface area contributed by atoms with Crippen molar-refractivity contribution >= 4 is 44.8 Å². The van der Waals surface area contributed by atoms with E-state index in [9.17, 15) is 4.79 Å². The van der Waals surface area contributed by atoms with Gasteiger partial charge in [0.25, 0.3) is 5.91 Å². The molecule has 2 aromatic carbocycles. The maximum absolute atomic E-state index is 12.3. The van der Waals surface area contributed by atoms with Gasteiger partial charge in [0, 0.05) is 22.3 Å². The number of rotatable bonds is 2. The molecule has 1 aliphatic heterocycles. The fraction of sp³-hybridized carbons (Fsp3) is 0.0714. The van der Waals surface area contributed by atoms with Crippen molar-refractivity contribution in [2.45, 2.75) is 0 Å². The first-order valence-corrected chi connectivity index (χ1v) is 7.17. The number of nitrogen functional groups attached to an aromatic ring is 1. The lowest BCUT2D eigenvalue weighted by Gasteiger charge is -2.10. The maximum Gasteiger partial charge on any atom is 0.257 e. The van der Waals surface area contributed by atoms with Crippen LogP contribution in [0.2, 0.25) is 5.02 Å². The van der Waals surface area contributed by atoms with E-state index < -0.39 is 0 Å². The first-order chi connectivity index (χ1) is 10.0. The summed E-state index contributed by atoms with van der Waals surface area (Å²) in [4.78, 5) is 12.3. The van der Waals surface area contributed by atoms with E-state index in [0.29, 0.717) is 33.5 Å². The molecule has 0 aromatic heterocycles. The first-order valence-electron chi connectivity index (χ1n) is 6.00. The van der Waals surface area contributed by atoms with Gasteiger partial charge in [0.1, 0.15) is 0 Å². The number of fused-ring (bicyclic) bond motifs is 1. The molecule has 7 heteroatoms. The normalized spacial score (nSPS) is 12.3. The molecule has 0 fully saturated rings. The number of amides is 1. The number of anilines is 2. The third kappa shape index (κ3) is 2.77. The van der Waals surface area contributed by atoms with Crippen LogP contribution in [0, 0.1) is 0 Å². The molecule has 0 unspecified atom stereocenters. The minimum atomic E-state index is -0.352. The van der Waals surface area contributed by atoms with Gasteiger partial charge < -0.3 is 20.5 Å². The lowest BCUT2D eigenvalue weighted by molar-refractivity contribution is 0.102. The molecular weight excluding hydrogens is 360 g/mol. The van der Waals surface area contributed by atoms with Crippen LogP contribution in [0.4, 0.5) is 11.4 Å². The fourth-order valence-corrected chi connectivity index (χ4v) is 2.49. The molecule has 5 nitrogen and oxygen atoms in total. The van der Waals surface area contributed by atoms with Crippen LogP contribution in [0.1, 0.15) is 10.4 Å². The minimum Gasteiger partial charge on any atom is -0.454 e. The van der Waals surface area contributed by atoms with Crippen molar-refractivity contribution < 1.29 is 14.3 Å². The summed E-state index contributed by atoms with van der Waals surface area (Å²) in [6.45, 7) is 0.141. The topological polar surface area (TPSA) is 73.6 Å². The number of ether oxygens (including phenoxy) is 2. The van der Waals surface area contributed by atoms with Crippen LogP contribution in [0.5, 0.6) is 11.5 Å². The number of carbonyl (C=O) groups is 1. The van der Waals surface area contributed by atoms with Gasteiger partial charge in [0.05, 0.1) is 16.3 Å². The summed E-state index contributed by atoms with van der Waals surface area (Å²) in [5, 5.41) is 3.08. The number of benzene rings is 2.